The number of rotatable bonds is 5. The zero-order valence-electron chi connectivity index (χ0n) is 16.0. The molecule has 29 heavy (non-hydrogen) atoms. The second-order valence-corrected chi connectivity index (χ2v) is 7.27. The SMILES string of the molecule is O=C(Cc1ccc2c(c1)OCO2)N1CCc2oc(CCc3cccnc3)nc2C1. The molecule has 0 atom stereocenters. The maximum atomic E-state index is 12.8. The van der Waals surface area contributed by atoms with E-state index in [9.17, 15) is 4.79 Å². The normalized spacial score (nSPS) is 14.7. The average molecular weight is 391 g/mol. The van der Waals surface area contributed by atoms with E-state index in [-0.39, 0.29) is 12.7 Å². The monoisotopic (exact) mass is 391 g/mol. The predicted molar refractivity (Wildman–Crippen MR) is 104 cm³/mol. The highest BCUT2D eigenvalue weighted by atomic mass is 16.7. The highest BCUT2D eigenvalue weighted by Crippen LogP contribution is 2.32. The number of benzene rings is 1. The number of amides is 1. The fourth-order valence-electron chi connectivity index (χ4n) is 3.71. The van der Waals surface area contributed by atoms with Crippen molar-refractivity contribution >= 4 is 5.91 Å². The standard InChI is InChI=1S/C22H21N3O4/c26-22(11-16-3-5-19-20(10-16)28-14-27-19)25-9-7-18-17(13-25)24-21(29-18)6-4-15-2-1-8-23-12-15/h1-3,5,8,10,12H,4,6-7,9,11,13-14H2. The predicted octanol–water partition coefficient (Wildman–Crippen LogP) is 2.71. The van der Waals surface area contributed by atoms with Crippen LogP contribution in [0.15, 0.2) is 47.1 Å². The molecule has 3 aromatic rings. The minimum absolute atomic E-state index is 0.0782. The summed E-state index contributed by atoms with van der Waals surface area (Å²) >= 11 is 0. The highest BCUT2D eigenvalue weighted by Gasteiger charge is 2.26. The zero-order valence-corrected chi connectivity index (χ0v) is 16.0. The summed E-state index contributed by atoms with van der Waals surface area (Å²) < 4.78 is 16.6. The van der Waals surface area contributed by atoms with Crippen molar-refractivity contribution in [2.75, 3.05) is 13.3 Å². The number of ether oxygens (including phenoxy) is 2. The van der Waals surface area contributed by atoms with Crippen LogP contribution in [0, 0.1) is 0 Å². The first kappa shape index (κ1) is 17.7. The third kappa shape index (κ3) is 3.81. The van der Waals surface area contributed by atoms with E-state index in [1.165, 1.54) is 0 Å². The minimum Gasteiger partial charge on any atom is -0.454 e. The van der Waals surface area contributed by atoms with Gasteiger partial charge in [0.1, 0.15) is 11.5 Å². The van der Waals surface area contributed by atoms with Crippen LogP contribution in [-0.4, -0.2) is 34.1 Å². The Kier molecular flexibility index (Phi) is 4.63. The van der Waals surface area contributed by atoms with Gasteiger partial charge in [-0.3, -0.25) is 9.78 Å². The van der Waals surface area contributed by atoms with E-state index in [0.29, 0.717) is 31.7 Å². The number of aryl methyl sites for hydroxylation is 2. The number of oxazole rings is 1. The van der Waals surface area contributed by atoms with E-state index < -0.39 is 0 Å². The molecule has 0 unspecified atom stereocenters. The van der Waals surface area contributed by atoms with Crippen LogP contribution in [0.25, 0.3) is 0 Å². The first-order valence-corrected chi connectivity index (χ1v) is 9.77. The van der Waals surface area contributed by atoms with E-state index in [1.807, 2.05) is 41.4 Å². The van der Waals surface area contributed by atoms with Gasteiger partial charge in [-0.1, -0.05) is 12.1 Å². The van der Waals surface area contributed by atoms with Crippen LogP contribution >= 0.6 is 0 Å². The van der Waals surface area contributed by atoms with E-state index in [4.69, 9.17) is 13.9 Å². The molecular formula is C22H21N3O4. The van der Waals surface area contributed by atoms with Gasteiger partial charge in [-0.2, -0.15) is 0 Å². The molecule has 0 radical (unpaired) electrons. The van der Waals surface area contributed by atoms with Gasteiger partial charge in [0.2, 0.25) is 12.7 Å². The van der Waals surface area contributed by atoms with Crippen LogP contribution in [0.4, 0.5) is 0 Å². The van der Waals surface area contributed by atoms with Gasteiger partial charge in [-0.25, -0.2) is 4.98 Å². The second-order valence-electron chi connectivity index (χ2n) is 7.27. The molecule has 0 bridgehead atoms. The molecule has 5 rings (SSSR count). The molecule has 148 valence electrons. The quantitative estimate of drug-likeness (QED) is 0.666. The maximum absolute atomic E-state index is 12.8. The molecule has 0 spiro atoms. The Balaban J connectivity index is 1.21. The Morgan fingerprint density at radius 2 is 2.03 bits per heavy atom. The van der Waals surface area contributed by atoms with E-state index in [2.05, 4.69) is 9.97 Å². The number of carbonyl (C=O) groups is 1. The molecule has 2 aliphatic rings. The van der Waals surface area contributed by atoms with Gasteiger partial charge in [0, 0.05) is 31.8 Å². The van der Waals surface area contributed by atoms with Crippen LogP contribution < -0.4 is 9.47 Å². The molecule has 7 heteroatoms. The van der Waals surface area contributed by atoms with Crippen molar-refractivity contribution in [2.24, 2.45) is 0 Å². The molecule has 2 aromatic heterocycles. The van der Waals surface area contributed by atoms with Crippen LogP contribution in [0.5, 0.6) is 11.5 Å². The lowest BCUT2D eigenvalue weighted by atomic mass is 10.1. The minimum atomic E-state index is 0.0782. The lowest BCUT2D eigenvalue weighted by Crippen LogP contribution is -2.36. The topological polar surface area (TPSA) is 77.7 Å². The zero-order chi connectivity index (χ0) is 19.6. The van der Waals surface area contributed by atoms with Crippen molar-refractivity contribution in [1.29, 1.82) is 0 Å². The first-order valence-electron chi connectivity index (χ1n) is 9.77. The summed E-state index contributed by atoms with van der Waals surface area (Å²) in [5, 5.41) is 0. The Bertz CT molecular complexity index is 1030. The summed E-state index contributed by atoms with van der Waals surface area (Å²) in [4.78, 5) is 23.4. The summed E-state index contributed by atoms with van der Waals surface area (Å²) in [6.07, 6.45) is 6.21. The lowest BCUT2D eigenvalue weighted by Gasteiger charge is -2.25. The van der Waals surface area contributed by atoms with Gasteiger partial charge in [0.15, 0.2) is 17.4 Å². The number of pyridine rings is 1. The maximum Gasteiger partial charge on any atom is 0.231 e. The molecule has 0 saturated heterocycles. The van der Waals surface area contributed by atoms with Gasteiger partial charge in [0.25, 0.3) is 0 Å². The number of aromatic nitrogens is 2. The van der Waals surface area contributed by atoms with Gasteiger partial charge in [-0.15, -0.1) is 0 Å². The average Bonchev–Trinajstić information content (AvgIpc) is 3.38. The number of hydrogen-bond acceptors (Lipinski definition) is 6. The summed E-state index contributed by atoms with van der Waals surface area (Å²) in [6, 6.07) is 9.62. The fraction of sp³-hybridized carbons (Fsp3) is 0.318. The fourth-order valence-corrected chi connectivity index (χ4v) is 3.71. The number of nitrogens with zero attached hydrogens (tertiary/aromatic N) is 3. The third-order valence-electron chi connectivity index (χ3n) is 5.27. The van der Waals surface area contributed by atoms with Crippen molar-refractivity contribution in [3.05, 3.63) is 71.2 Å². The third-order valence-corrected chi connectivity index (χ3v) is 5.27. The number of hydrogen-bond donors (Lipinski definition) is 0. The Morgan fingerprint density at radius 1 is 1.10 bits per heavy atom. The molecule has 0 fully saturated rings. The molecule has 1 amide bonds. The second kappa shape index (κ2) is 7.58. The Morgan fingerprint density at radius 3 is 2.93 bits per heavy atom. The smallest absolute Gasteiger partial charge is 0.231 e. The summed E-state index contributed by atoms with van der Waals surface area (Å²) in [6.45, 7) is 1.37. The summed E-state index contributed by atoms with van der Waals surface area (Å²) in [5.74, 6) is 3.13. The van der Waals surface area contributed by atoms with Gasteiger partial charge in [-0.05, 0) is 35.7 Å². The lowest BCUT2D eigenvalue weighted by molar-refractivity contribution is -0.131. The van der Waals surface area contributed by atoms with Crippen molar-refractivity contribution in [2.45, 2.75) is 32.2 Å². The van der Waals surface area contributed by atoms with Crippen molar-refractivity contribution < 1.29 is 18.7 Å². The van der Waals surface area contributed by atoms with Crippen LogP contribution in [0.2, 0.25) is 0 Å². The van der Waals surface area contributed by atoms with E-state index in [1.54, 1.807) is 6.20 Å². The molecule has 1 aromatic carbocycles. The molecule has 0 N–H and O–H groups in total. The van der Waals surface area contributed by atoms with E-state index in [0.717, 1.165) is 47.1 Å². The summed E-state index contributed by atoms with van der Waals surface area (Å²) in [5.41, 5.74) is 2.95. The Hall–Kier alpha value is -3.35. The van der Waals surface area contributed by atoms with Gasteiger partial charge < -0.3 is 18.8 Å². The van der Waals surface area contributed by atoms with Crippen molar-refractivity contribution in [3.63, 3.8) is 0 Å². The molecule has 2 aliphatic heterocycles. The van der Waals surface area contributed by atoms with Crippen LogP contribution in [0.3, 0.4) is 0 Å². The summed E-state index contributed by atoms with van der Waals surface area (Å²) in [7, 11) is 0. The van der Waals surface area contributed by atoms with Crippen molar-refractivity contribution in [1.82, 2.24) is 14.9 Å². The van der Waals surface area contributed by atoms with Gasteiger partial charge in [0.05, 0.1) is 13.0 Å². The van der Waals surface area contributed by atoms with Crippen LogP contribution in [-0.2, 0) is 37.0 Å². The largest absolute Gasteiger partial charge is 0.454 e. The molecule has 0 aliphatic carbocycles. The van der Waals surface area contributed by atoms with Gasteiger partial charge >= 0.3 is 0 Å². The van der Waals surface area contributed by atoms with Crippen molar-refractivity contribution in [3.8, 4) is 11.5 Å². The first-order chi connectivity index (χ1) is 14.2. The molecule has 0 saturated carbocycles. The molecule has 4 heterocycles. The highest BCUT2D eigenvalue weighted by molar-refractivity contribution is 5.79. The Labute approximate surface area is 168 Å². The molecule has 7 nitrogen and oxygen atoms in total. The molecular weight excluding hydrogens is 370 g/mol. The van der Waals surface area contributed by atoms with E-state index >= 15 is 0 Å². The number of fused-ring (bicyclic) bond motifs is 2. The van der Waals surface area contributed by atoms with Crippen LogP contribution in [0.1, 0.15) is 28.5 Å². The number of carbonyl (C=O) groups excluding carboxylic acids is 1.